The van der Waals surface area contributed by atoms with E-state index in [4.69, 9.17) is 0 Å². The van der Waals surface area contributed by atoms with Crippen LogP contribution in [-0.4, -0.2) is 32.8 Å². The van der Waals surface area contributed by atoms with Crippen molar-refractivity contribution in [2.75, 3.05) is 4.90 Å². The molecule has 198 valence electrons. The molecule has 1 N–H and O–H groups in total. The summed E-state index contributed by atoms with van der Waals surface area (Å²) < 4.78 is 0. The molecular formula is C30H38N2O3S2. The van der Waals surface area contributed by atoms with E-state index in [1.165, 1.54) is 11.3 Å². The van der Waals surface area contributed by atoms with Crippen LogP contribution >= 0.6 is 23.1 Å². The first-order valence-corrected chi connectivity index (χ1v) is 15.1. The van der Waals surface area contributed by atoms with Crippen LogP contribution in [-0.2, 0) is 4.79 Å². The normalized spacial score (nSPS) is 21.5. The molecule has 37 heavy (non-hydrogen) atoms. The minimum atomic E-state index is -0.989. The fourth-order valence-corrected chi connectivity index (χ4v) is 7.98. The van der Waals surface area contributed by atoms with E-state index >= 15 is 0 Å². The maximum Gasteiger partial charge on any atom is 0.348 e. The van der Waals surface area contributed by atoms with Gasteiger partial charge < -0.3 is 10.0 Å². The first-order valence-electron chi connectivity index (χ1n) is 13.4. The third-order valence-corrected chi connectivity index (χ3v) is 9.86. The largest absolute Gasteiger partial charge is 0.477 e. The fraction of sp³-hybridized carbons (Fsp3) is 0.567. The summed E-state index contributed by atoms with van der Waals surface area (Å²) in [6.45, 7) is 7.71. The lowest BCUT2D eigenvalue weighted by Gasteiger charge is -2.52. The van der Waals surface area contributed by atoms with Gasteiger partial charge in [-0.25, -0.2) is 9.78 Å². The molecule has 0 atom stereocenters. The number of hydrogen-bond donors (Lipinski definition) is 1. The number of aromatic carboxylic acids is 1. The van der Waals surface area contributed by atoms with Crippen LogP contribution in [0.25, 0.3) is 0 Å². The predicted octanol–water partition coefficient (Wildman–Crippen LogP) is 7.65. The molecule has 2 heterocycles. The topological polar surface area (TPSA) is 70.5 Å². The van der Waals surface area contributed by atoms with Crippen molar-refractivity contribution in [1.29, 1.82) is 0 Å². The van der Waals surface area contributed by atoms with Crippen molar-refractivity contribution in [3.63, 3.8) is 0 Å². The third-order valence-electron chi connectivity index (χ3n) is 7.55. The fourth-order valence-electron chi connectivity index (χ4n) is 6.02. The number of thiophene rings is 1. The van der Waals surface area contributed by atoms with Crippen molar-refractivity contribution < 1.29 is 14.7 Å². The Bertz CT molecular complexity index is 1160. The number of pyridine rings is 1. The average Bonchev–Trinajstić information content (AvgIpc) is 3.28. The number of nitrogens with zero attached hydrogens (tertiary/aromatic N) is 2. The Kier molecular flexibility index (Phi) is 8.70. The maximum atomic E-state index is 13.4. The minimum Gasteiger partial charge on any atom is -0.477 e. The minimum absolute atomic E-state index is 0.0671. The van der Waals surface area contributed by atoms with E-state index in [9.17, 15) is 14.7 Å². The number of anilines is 1. The first kappa shape index (κ1) is 27.7. The number of carboxylic acid groups (broad SMARTS) is 1. The lowest BCUT2D eigenvalue weighted by molar-refractivity contribution is -0.118. The van der Waals surface area contributed by atoms with Crippen molar-refractivity contribution in [2.45, 2.75) is 101 Å². The van der Waals surface area contributed by atoms with Crippen LogP contribution in [0.3, 0.4) is 0 Å². The molecule has 2 aromatic heterocycles. The monoisotopic (exact) mass is 538 g/mol. The number of amides is 1. The standard InChI is InChI=1S/C30H38N2O3S2/c1-21(33)32(25-20-24(15-18-29(2,3)4)37-27(25)28(34)35)30(16-7-5-8-17-30)22-11-13-23(14-12-22)36-26-10-6-9-19-31-26/h6,9-10,19-20,22-23H,5,7-8,11-14,16-17H2,1-4H3,(H,34,35). The Labute approximate surface area is 229 Å². The molecule has 7 heteroatoms. The molecule has 2 aliphatic carbocycles. The Morgan fingerprint density at radius 3 is 2.41 bits per heavy atom. The van der Waals surface area contributed by atoms with E-state index in [1.54, 1.807) is 6.92 Å². The van der Waals surface area contributed by atoms with E-state index < -0.39 is 5.97 Å². The van der Waals surface area contributed by atoms with Gasteiger partial charge in [-0.05, 0) is 83.4 Å². The van der Waals surface area contributed by atoms with Crippen molar-refractivity contribution >= 4 is 40.7 Å². The Morgan fingerprint density at radius 1 is 1.14 bits per heavy atom. The Balaban J connectivity index is 1.66. The lowest BCUT2D eigenvalue weighted by atomic mass is 9.66. The lowest BCUT2D eigenvalue weighted by Crippen LogP contribution is -2.58. The highest BCUT2D eigenvalue weighted by Gasteiger charge is 2.48. The third kappa shape index (κ3) is 6.59. The molecule has 2 saturated carbocycles. The molecule has 0 spiro atoms. The predicted molar refractivity (Wildman–Crippen MR) is 152 cm³/mol. The number of carbonyl (C=O) groups is 2. The van der Waals surface area contributed by atoms with Gasteiger partial charge in [-0.15, -0.1) is 23.1 Å². The van der Waals surface area contributed by atoms with Gasteiger partial charge in [0.15, 0.2) is 0 Å². The van der Waals surface area contributed by atoms with Gasteiger partial charge in [0.1, 0.15) is 4.88 Å². The number of hydrogen-bond acceptors (Lipinski definition) is 5. The molecule has 2 aliphatic rings. The molecule has 0 aromatic carbocycles. The number of rotatable bonds is 6. The summed E-state index contributed by atoms with van der Waals surface area (Å²) in [5, 5.41) is 11.7. The van der Waals surface area contributed by atoms with Crippen molar-refractivity contribution in [1.82, 2.24) is 4.98 Å². The molecule has 5 nitrogen and oxygen atoms in total. The van der Waals surface area contributed by atoms with E-state index in [2.05, 4.69) is 22.9 Å². The summed E-state index contributed by atoms with van der Waals surface area (Å²) in [6, 6.07) is 7.90. The van der Waals surface area contributed by atoms with Crippen LogP contribution in [0, 0.1) is 23.2 Å². The second-order valence-electron chi connectivity index (χ2n) is 11.4. The van der Waals surface area contributed by atoms with Gasteiger partial charge in [0.2, 0.25) is 5.91 Å². The van der Waals surface area contributed by atoms with Gasteiger partial charge in [0, 0.05) is 23.8 Å². The summed E-state index contributed by atoms with van der Waals surface area (Å²) in [6.07, 6.45) is 11.2. The quantitative estimate of drug-likeness (QED) is 0.383. The Hall–Kier alpha value is -2.30. The smallest absolute Gasteiger partial charge is 0.348 e. The summed E-state index contributed by atoms with van der Waals surface area (Å²) in [7, 11) is 0. The molecule has 4 rings (SSSR count). The average molecular weight is 539 g/mol. The van der Waals surface area contributed by atoms with Crippen LogP contribution < -0.4 is 4.90 Å². The summed E-state index contributed by atoms with van der Waals surface area (Å²) in [4.78, 5) is 33.1. The van der Waals surface area contributed by atoms with Gasteiger partial charge in [0.25, 0.3) is 0 Å². The molecular weight excluding hydrogens is 500 g/mol. The highest BCUT2D eigenvalue weighted by Crippen LogP contribution is 2.50. The van der Waals surface area contributed by atoms with Crippen LogP contribution in [0.1, 0.15) is 100 Å². The van der Waals surface area contributed by atoms with Gasteiger partial charge >= 0.3 is 5.97 Å². The number of carbonyl (C=O) groups excluding carboxylic acids is 1. The summed E-state index contributed by atoms with van der Waals surface area (Å²) in [5.41, 5.74) is 0.00442. The molecule has 0 radical (unpaired) electrons. The van der Waals surface area contributed by atoms with Gasteiger partial charge in [0.05, 0.1) is 21.1 Å². The number of aromatic nitrogens is 1. The molecule has 0 saturated heterocycles. The highest BCUT2D eigenvalue weighted by molar-refractivity contribution is 7.99. The first-order chi connectivity index (χ1) is 17.6. The molecule has 0 bridgehead atoms. The molecule has 1 amide bonds. The molecule has 0 unspecified atom stereocenters. The SMILES string of the molecule is CC(=O)N(c1cc(C#CC(C)(C)C)sc1C(=O)O)C1(C2CCC(Sc3ccccn3)CC2)CCCCC1. The zero-order valence-corrected chi connectivity index (χ0v) is 24.0. The zero-order chi connectivity index (χ0) is 26.6. The van der Waals surface area contributed by atoms with Gasteiger partial charge in [-0.3, -0.25) is 4.79 Å². The summed E-state index contributed by atoms with van der Waals surface area (Å²) in [5.74, 6) is 5.69. The van der Waals surface area contributed by atoms with Crippen molar-refractivity contribution in [3.05, 3.63) is 40.2 Å². The zero-order valence-electron chi connectivity index (χ0n) is 22.4. The second-order valence-corrected chi connectivity index (χ2v) is 13.8. The highest BCUT2D eigenvalue weighted by atomic mass is 32.2. The van der Waals surface area contributed by atoms with Gasteiger partial charge in [-0.1, -0.05) is 37.2 Å². The van der Waals surface area contributed by atoms with Crippen LogP contribution in [0.4, 0.5) is 5.69 Å². The second kappa shape index (κ2) is 11.6. The number of carboxylic acids is 1. The van der Waals surface area contributed by atoms with Crippen LogP contribution in [0.5, 0.6) is 0 Å². The van der Waals surface area contributed by atoms with Crippen LogP contribution in [0.15, 0.2) is 35.5 Å². The van der Waals surface area contributed by atoms with E-state index in [1.807, 2.05) is 61.8 Å². The van der Waals surface area contributed by atoms with Crippen molar-refractivity contribution in [3.8, 4) is 11.8 Å². The maximum absolute atomic E-state index is 13.4. The van der Waals surface area contributed by atoms with E-state index in [0.717, 1.165) is 62.8 Å². The summed E-state index contributed by atoms with van der Waals surface area (Å²) >= 11 is 3.05. The van der Waals surface area contributed by atoms with Crippen LogP contribution in [0.2, 0.25) is 0 Å². The molecule has 0 aliphatic heterocycles. The Morgan fingerprint density at radius 2 is 1.84 bits per heavy atom. The van der Waals surface area contributed by atoms with Gasteiger partial charge in [-0.2, -0.15) is 0 Å². The van der Waals surface area contributed by atoms with Crippen molar-refractivity contribution in [2.24, 2.45) is 11.3 Å². The van der Waals surface area contributed by atoms with E-state index in [0.29, 0.717) is 21.7 Å². The molecule has 2 aromatic rings. The number of thioether (sulfide) groups is 1. The molecule has 2 fully saturated rings. The van der Waals surface area contributed by atoms with E-state index in [-0.39, 0.29) is 21.7 Å².